The summed E-state index contributed by atoms with van der Waals surface area (Å²) < 4.78 is 19.2. The second-order valence-electron chi connectivity index (χ2n) is 5.55. The molecule has 0 aliphatic rings. The van der Waals surface area contributed by atoms with Crippen LogP contribution in [0, 0.1) is 12.7 Å². The van der Waals surface area contributed by atoms with Gasteiger partial charge in [-0.25, -0.2) is 9.37 Å². The van der Waals surface area contributed by atoms with Gasteiger partial charge in [0.25, 0.3) is 0 Å². The topological polar surface area (TPSA) is 35.0 Å². The Morgan fingerprint density at radius 1 is 1.15 bits per heavy atom. The first-order valence-corrected chi connectivity index (χ1v) is 6.64. The monoisotopic (exact) mass is 294 g/mol. The van der Waals surface area contributed by atoms with Gasteiger partial charge in [0.1, 0.15) is 11.0 Å². The van der Waals surface area contributed by atoms with E-state index in [2.05, 4.69) is 9.97 Å². The van der Waals surface area contributed by atoms with Crippen LogP contribution in [0.1, 0.15) is 32.2 Å². The molecule has 0 unspecified atom stereocenters. The van der Waals surface area contributed by atoms with Crippen LogP contribution in [0.2, 0.25) is 5.15 Å². The molecule has 0 aliphatic carbocycles. The van der Waals surface area contributed by atoms with Crippen molar-refractivity contribution in [1.29, 1.82) is 0 Å². The highest BCUT2D eigenvalue weighted by Gasteiger charge is 2.21. The van der Waals surface area contributed by atoms with Crippen LogP contribution in [-0.2, 0) is 5.41 Å². The molecule has 1 aromatic heterocycles. The smallest absolute Gasteiger partial charge is 0.227 e. The van der Waals surface area contributed by atoms with Gasteiger partial charge in [-0.1, -0.05) is 44.5 Å². The van der Waals surface area contributed by atoms with Gasteiger partial charge in [0, 0.05) is 11.0 Å². The van der Waals surface area contributed by atoms with Crippen LogP contribution in [0.15, 0.2) is 24.3 Å². The van der Waals surface area contributed by atoms with Crippen LogP contribution in [0.5, 0.6) is 11.6 Å². The SMILES string of the molecule is Cc1c(Cl)nc(C(C)(C)C)nc1Oc1ccccc1F. The number of hydrogen-bond donors (Lipinski definition) is 0. The molecule has 1 aromatic carbocycles. The Morgan fingerprint density at radius 3 is 2.40 bits per heavy atom. The predicted octanol–water partition coefficient (Wildman–Crippen LogP) is 4.67. The Bertz CT molecular complexity index is 638. The van der Waals surface area contributed by atoms with Crippen molar-refractivity contribution in [3.05, 3.63) is 46.6 Å². The van der Waals surface area contributed by atoms with Crippen LogP contribution in [0.25, 0.3) is 0 Å². The Morgan fingerprint density at radius 2 is 1.80 bits per heavy atom. The number of para-hydroxylation sites is 1. The van der Waals surface area contributed by atoms with Crippen LogP contribution < -0.4 is 4.74 Å². The van der Waals surface area contributed by atoms with Crippen molar-refractivity contribution in [1.82, 2.24) is 9.97 Å². The molecule has 2 aromatic rings. The molecule has 0 saturated carbocycles. The minimum absolute atomic E-state index is 0.116. The van der Waals surface area contributed by atoms with E-state index in [1.807, 2.05) is 20.8 Å². The highest BCUT2D eigenvalue weighted by molar-refractivity contribution is 6.30. The number of nitrogens with zero attached hydrogens (tertiary/aromatic N) is 2. The molecule has 106 valence electrons. The molecular formula is C15H16ClFN2O. The predicted molar refractivity (Wildman–Crippen MR) is 77.0 cm³/mol. The molecule has 3 nitrogen and oxygen atoms in total. The Hall–Kier alpha value is -1.68. The number of ether oxygens (including phenoxy) is 1. The highest BCUT2D eigenvalue weighted by Crippen LogP contribution is 2.31. The van der Waals surface area contributed by atoms with Gasteiger partial charge in [-0.3, -0.25) is 0 Å². The van der Waals surface area contributed by atoms with Gasteiger partial charge in [-0.15, -0.1) is 0 Å². The third kappa shape index (κ3) is 3.07. The molecule has 0 aliphatic heterocycles. The quantitative estimate of drug-likeness (QED) is 0.755. The van der Waals surface area contributed by atoms with Gasteiger partial charge in [-0.05, 0) is 19.1 Å². The molecular weight excluding hydrogens is 279 g/mol. The average molecular weight is 295 g/mol. The van der Waals surface area contributed by atoms with E-state index in [4.69, 9.17) is 16.3 Å². The van der Waals surface area contributed by atoms with Crippen molar-refractivity contribution in [3.8, 4) is 11.6 Å². The lowest BCUT2D eigenvalue weighted by Crippen LogP contribution is -2.17. The normalized spacial score (nSPS) is 11.5. The Balaban J connectivity index is 2.46. The molecule has 0 bridgehead atoms. The first-order valence-electron chi connectivity index (χ1n) is 6.26. The minimum Gasteiger partial charge on any atom is -0.435 e. The number of hydrogen-bond acceptors (Lipinski definition) is 3. The fraction of sp³-hybridized carbons (Fsp3) is 0.333. The van der Waals surface area contributed by atoms with E-state index in [-0.39, 0.29) is 17.0 Å². The van der Waals surface area contributed by atoms with Crippen LogP contribution in [0.4, 0.5) is 4.39 Å². The van der Waals surface area contributed by atoms with Crippen molar-refractivity contribution in [2.45, 2.75) is 33.1 Å². The molecule has 5 heteroatoms. The van der Waals surface area contributed by atoms with E-state index in [1.165, 1.54) is 6.07 Å². The third-order valence-corrected chi connectivity index (χ3v) is 3.12. The summed E-state index contributed by atoms with van der Waals surface area (Å²) in [5.74, 6) is 0.503. The van der Waals surface area contributed by atoms with Crippen molar-refractivity contribution >= 4 is 11.6 Å². The van der Waals surface area contributed by atoms with Crippen LogP contribution >= 0.6 is 11.6 Å². The standard InChI is InChI=1S/C15H16ClFN2O/c1-9-12(16)18-14(15(2,3)4)19-13(9)20-11-8-6-5-7-10(11)17/h5-8H,1-4H3. The fourth-order valence-corrected chi connectivity index (χ4v) is 1.70. The average Bonchev–Trinajstić information content (AvgIpc) is 2.36. The number of halogens is 2. The second-order valence-corrected chi connectivity index (χ2v) is 5.91. The lowest BCUT2D eigenvalue weighted by molar-refractivity contribution is 0.414. The van der Waals surface area contributed by atoms with Gasteiger partial charge in [0.05, 0.1) is 0 Å². The first-order chi connectivity index (χ1) is 9.29. The van der Waals surface area contributed by atoms with Crippen LogP contribution in [0.3, 0.4) is 0 Å². The summed E-state index contributed by atoms with van der Waals surface area (Å²) in [5.41, 5.74) is 0.313. The van der Waals surface area contributed by atoms with Crippen molar-refractivity contribution in [3.63, 3.8) is 0 Å². The van der Waals surface area contributed by atoms with E-state index in [0.717, 1.165) is 0 Å². The summed E-state index contributed by atoms with van der Waals surface area (Å²) in [4.78, 5) is 8.61. The zero-order valence-corrected chi connectivity index (χ0v) is 12.6. The molecule has 0 fully saturated rings. The van der Waals surface area contributed by atoms with Gasteiger partial charge in [0.15, 0.2) is 11.6 Å². The van der Waals surface area contributed by atoms with E-state index < -0.39 is 5.82 Å². The maximum atomic E-state index is 13.6. The van der Waals surface area contributed by atoms with Gasteiger partial charge >= 0.3 is 0 Å². The van der Waals surface area contributed by atoms with Gasteiger partial charge in [-0.2, -0.15) is 4.98 Å². The molecule has 20 heavy (non-hydrogen) atoms. The zero-order chi connectivity index (χ0) is 14.9. The van der Waals surface area contributed by atoms with Crippen molar-refractivity contribution in [2.24, 2.45) is 0 Å². The zero-order valence-electron chi connectivity index (χ0n) is 11.9. The maximum Gasteiger partial charge on any atom is 0.227 e. The molecule has 0 spiro atoms. The Labute approximate surface area is 122 Å². The fourth-order valence-electron chi connectivity index (χ4n) is 1.54. The molecule has 0 N–H and O–H groups in total. The van der Waals surface area contributed by atoms with E-state index >= 15 is 0 Å². The largest absolute Gasteiger partial charge is 0.435 e. The van der Waals surface area contributed by atoms with Gasteiger partial charge in [0.2, 0.25) is 5.88 Å². The Kier molecular flexibility index (Phi) is 3.95. The summed E-state index contributed by atoms with van der Waals surface area (Å²) in [5, 5.41) is 0.316. The third-order valence-electron chi connectivity index (χ3n) is 2.76. The van der Waals surface area contributed by atoms with E-state index in [0.29, 0.717) is 16.5 Å². The van der Waals surface area contributed by atoms with Gasteiger partial charge < -0.3 is 4.74 Å². The van der Waals surface area contributed by atoms with E-state index in [1.54, 1.807) is 25.1 Å². The summed E-state index contributed by atoms with van der Waals surface area (Å²) in [6.45, 7) is 7.66. The summed E-state index contributed by atoms with van der Waals surface area (Å²) in [6, 6.07) is 6.17. The molecule has 0 radical (unpaired) electrons. The number of benzene rings is 1. The summed E-state index contributed by atoms with van der Waals surface area (Å²) in [7, 11) is 0. The number of aromatic nitrogens is 2. The first kappa shape index (κ1) is 14.7. The molecule has 0 saturated heterocycles. The number of rotatable bonds is 2. The molecule has 2 rings (SSSR count). The molecule has 0 atom stereocenters. The summed E-state index contributed by atoms with van der Waals surface area (Å²) in [6.07, 6.45) is 0. The summed E-state index contributed by atoms with van der Waals surface area (Å²) >= 11 is 6.11. The second kappa shape index (κ2) is 5.37. The lowest BCUT2D eigenvalue weighted by atomic mass is 9.96. The van der Waals surface area contributed by atoms with Crippen molar-refractivity contribution in [2.75, 3.05) is 0 Å². The highest BCUT2D eigenvalue weighted by atomic mass is 35.5. The van der Waals surface area contributed by atoms with E-state index in [9.17, 15) is 4.39 Å². The van der Waals surface area contributed by atoms with Crippen LogP contribution in [-0.4, -0.2) is 9.97 Å². The lowest BCUT2D eigenvalue weighted by Gasteiger charge is -2.19. The maximum absolute atomic E-state index is 13.6. The van der Waals surface area contributed by atoms with Crippen molar-refractivity contribution < 1.29 is 9.13 Å². The molecule has 1 heterocycles. The minimum atomic E-state index is -0.445. The molecule has 0 amide bonds.